The van der Waals surface area contributed by atoms with E-state index < -0.39 is 0 Å². The quantitative estimate of drug-likeness (QED) is 0.685. The van der Waals surface area contributed by atoms with Crippen LogP contribution >= 0.6 is 0 Å². The zero-order valence-electron chi connectivity index (χ0n) is 12.7. The van der Waals surface area contributed by atoms with Crippen molar-refractivity contribution in [1.29, 1.82) is 0 Å². The Hall–Kier alpha value is -1.12. The first-order valence-electron chi connectivity index (χ1n) is 7.34. The molecule has 0 aliphatic rings. The summed E-state index contributed by atoms with van der Waals surface area (Å²) >= 11 is 0. The molecule has 0 aliphatic heterocycles. The third-order valence-electron chi connectivity index (χ3n) is 3.49. The molecule has 0 spiro atoms. The molecule has 1 atom stereocenters. The smallest absolute Gasteiger partial charge is 0.0236 e. The largest absolute Gasteiger partial charge is 0.316 e. The minimum atomic E-state index is 0.574. The molecule has 0 fully saturated rings. The standard InChI is InChI=1S/C17H28N2/c1-5-12-19(7-3)14-16-8-10-17(11-9-16)15(4)13-18-6-2/h5,8-11,15,18H,1,6-7,12-14H2,2-4H3. The van der Waals surface area contributed by atoms with Crippen molar-refractivity contribution in [2.24, 2.45) is 0 Å². The molecule has 106 valence electrons. The molecule has 2 heteroatoms. The van der Waals surface area contributed by atoms with Crippen molar-refractivity contribution in [3.8, 4) is 0 Å². The number of nitrogens with one attached hydrogen (secondary N) is 1. The maximum Gasteiger partial charge on any atom is 0.0236 e. The van der Waals surface area contributed by atoms with Gasteiger partial charge in [-0.1, -0.05) is 51.1 Å². The molecule has 0 heterocycles. The van der Waals surface area contributed by atoms with Gasteiger partial charge >= 0.3 is 0 Å². The molecule has 0 bridgehead atoms. The number of likely N-dealkylation sites (N-methyl/N-ethyl adjacent to an activating group) is 2. The van der Waals surface area contributed by atoms with E-state index in [2.05, 4.69) is 61.8 Å². The molecule has 0 amide bonds. The third kappa shape index (κ3) is 5.58. The van der Waals surface area contributed by atoms with Crippen LogP contribution in [0, 0.1) is 0 Å². The second-order valence-electron chi connectivity index (χ2n) is 5.07. The van der Waals surface area contributed by atoms with Gasteiger partial charge in [-0.3, -0.25) is 4.90 Å². The highest BCUT2D eigenvalue weighted by molar-refractivity contribution is 5.25. The van der Waals surface area contributed by atoms with Crippen LogP contribution in [-0.4, -0.2) is 31.1 Å². The Morgan fingerprint density at radius 2 is 1.95 bits per heavy atom. The van der Waals surface area contributed by atoms with Crippen molar-refractivity contribution in [3.05, 3.63) is 48.0 Å². The van der Waals surface area contributed by atoms with E-state index in [4.69, 9.17) is 0 Å². The van der Waals surface area contributed by atoms with E-state index in [1.54, 1.807) is 0 Å². The summed E-state index contributed by atoms with van der Waals surface area (Å²) in [6.45, 7) is 15.5. The lowest BCUT2D eigenvalue weighted by Gasteiger charge is -2.19. The highest BCUT2D eigenvalue weighted by Gasteiger charge is 2.06. The van der Waals surface area contributed by atoms with Gasteiger partial charge in [0.1, 0.15) is 0 Å². The Labute approximate surface area is 118 Å². The van der Waals surface area contributed by atoms with E-state index in [0.29, 0.717) is 5.92 Å². The number of hydrogen-bond acceptors (Lipinski definition) is 2. The van der Waals surface area contributed by atoms with Gasteiger partial charge in [-0.15, -0.1) is 6.58 Å². The fourth-order valence-corrected chi connectivity index (χ4v) is 2.18. The summed E-state index contributed by atoms with van der Waals surface area (Å²) in [6, 6.07) is 9.03. The normalized spacial score (nSPS) is 12.6. The van der Waals surface area contributed by atoms with Gasteiger partial charge in [-0.2, -0.15) is 0 Å². The van der Waals surface area contributed by atoms with Gasteiger partial charge in [0.15, 0.2) is 0 Å². The van der Waals surface area contributed by atoms with Crippen molar-refractivity contribution in [2.45, 2.75) is 33.2 Å². The number of benzene rings is 1. The zero-order chi connectivity index (χ0) is 14.1. The van der Waals surface area contributed by atoms with E-state index in [0.717, 1.165) is 32.7 Å². The number of hydrogen-bond donors (Lipinski definition) is 1. The molecule has 0 aliphatic carbocycles. The summed E-state index contributed by atoms with van der Waals surface area (Å²) in [5, 5.41) is 3.40. The van der Waals surface area contributed by atoms with E-state index in [-0.39, 0.29) is 0 Å². The molecule has 0 radical (unpaired) electrons. The van der Waals surface area contributed by atoms with Crippen molar-refractivity contribution in [3.63, 3.8) is 0 Å². The van der Waals surface area contributed by atoms with Crippen molar-refractivity contribution >= 4 is 0 Å². The summed E-state index contributed by atoms with van der Waals surface area (Å²) in [5.41, 5.74) is 2.79. The van der Waals surface area contributed by atoms with E-state index in [9.17, 15) is 0 Å². The molecule has 19 heavy (non-hydrogen) atoms. The van der Waals surface area contributed by atoms with Crippen molar-refractivity contribution < 1.29 is 0 Å². The molecule has 1 N–H and O–H groups in total. The van der Waals surface area contributed by atoms with Crippen LogP contribution in [0.3, 0.4) is 0 Å². The lowest BCUT2D eigenvalue weighted by atomic mass is 9.99. The van der Waals surface area contributed by atoms with Gasteiger partial charge in [0.05, 0.1) is 0 Å². The van der Waals surface area contributed by atoms with Crippen LogP contribution in [0.25, 0.3) is 0 Å². The molecule has 1 aromatic rings. The van der Waals surface area contributed by atoms with Crippen LogP contribution in [-0.2, 0) is 6.54 Å². The summed E-state index contributed by atoms with van der Waals surface area (Å²) < 4.78 is 0. The topological polar surface area (TPSA) is 15.3 Å². The van der Waals surface area contributed by atoms with Gasteiger partial charge in [-0.25, -0.2) is 0 Å². The second kappa shape index (κ2) is 8.89. The molecule has 1 aromatic carbocycles. The molecule has 0 saturated carbocycles. The SMILES string of the molecule is C=CCN(CC)Cc1ccc(C(C)CNCC)cc1. The van der Waals surface area contributed by atoms with Gasteiger partial charge in [-0.05, 0) is 30.1 Å². The molecular weight excluding hydrogens is 232 g/mol. The van der Waals surface area contributed by atoms with Gasteiger partial charge in [0, 0.05) is 19.6 Å². The minimum absolute atomic E-state index is 0.574. The fraction of sp³-hybridized carbons (Fsp3) is 0.529. The Kier molecular flexibility index (Phi) is 7.46. The van der Waals surface area contributed by atoms with Gasteiger partial charge in [0.2, 0.25) is 0 Å². The Balaban J connectivity index is 2.57. The fourth-order valence-electron chi connectivity index (χ4n) is 2.18. The first-order chi connectivity index (χ1) is 9.21. The second-order valence-corrected chi connectivity index (χ2v) is 5.07. The van der Waals surface area contributed by atoms with E-state index in [1.807, 2.05) is 6.08 Å². The predicted octanol–water partition coefficient (Wildman–Crippen LogP) is 3.41. The van der Waals surface area contributed by atoms with Crippen LogP contribution in [0.5, 0.6) is 0 Å². The highest BCUT2D eigenvalue weighted by atomic mass is 15.1. The summed E-state index contributed by atoms with van der Waals surface area (Å²) in [4.78, 5) is 2.38. The van der Waals surface area contributed by atoms with Crippen LogP contribution < -0.4 is 5.32 Å². The molecule has 2 nitrogen and oxygen atoms in total. The first kappa shape index (κ1) is 15.9. The summed E-state index contributed by atoms with van der Waals surface area (Å²) in [7, 11) is 0. The Morgan fingerprint density at radius 1 is 1.26 bits per heavy atom. The molecule has 1 rings (SSSR count). The van der Waals surface area contributed by atoms with Crippen molar-refractivity contribution in [1.82, 2.24) is 10.2 Å². The Morgan fingerprint density at radius 3 is 2.47 bits per heavy atom. The average Bonchev–Trinajstić information content (AvgIpc) is 2.45. The maximum absolute atomic E-state index is 3.81. The summed E-state index contributed by atoms with van der Waals surface area (Å²) in [6.07, 6.45) is 1.97. The maximum atomic E-state index is 3.81. The lowest BCUT2D eigenvalue weighted by molar-refractivity contribution is 0.311. The molecule has 1 unspecified atom stereocenters. The molecule has 0 aromatic heterocycles. The molecular formula is C17H28N2. The van der Waals surface area contributed by atoms with Crippen LogP contribution in [0.2, 0.25) is 0 Å². The van der Waals surface area contributed by atoms with Crippen LogP contribution in [0.1, 0.15) is 37.8 Å². The first-order valence-corrected chi connectivity index (χ1v) is 7.34. The minimum Gasteiger partial charge on any atom is -0.316 e. The van der Waals surface area contributed by atoms with E-state index in [1.165, 1.54) is 11.1 Å². The zero-order valence-corrected chi connectivity index (χ0v) is 12.7. The predicted molar refractivity (Wildman–Crippen MR) is 84.5 cm³/mol. The lowest BCUT2D eigenvalue weighted by Crippen LogP contribution is -2.22. The number of nitrogens with zero attached hydrogens (tertiary/aromatic N) is 1. The van der Waals surface area contributed by atoms with Gasteiger partial charge in [0.25, 0.3) is 0 Å². The third-order valence-corrected chi connectivity index (χ3v) is 3.49. The highest BCUT2D eigenvalue weighted by Crippen LogP contribution is 2.16. The molecule has 0 saturated heterocycles. The monoisotopic (exact) mass is 260 g/mol. The number of rotatable bonds is 9. The van der Waals surface area contributed by atoms with Gasteiger partial charge < -0.3 is 5.32 Å². The van der Waals surface area contributed by atoms with E-state index >= 15 is 0 Å². The average molecular weight is 260 g/mol. The van der Waals surface area contributed by atoms with Crippen LogP contribution in [0.4, 0.5) is 0 Å². The van der Waals surface area contributed by atoms with Crippen molar-refractivity contribution in [2.75, 3.05) is 26.2 Å². The Bertz CT molecular complexity index is 356. The summed E-state index contributed by atoms with van der Waals surface area (Å²) in [5.74, 6) is 0.574. The van der Waals surface area contributed by atoms with Crippen LogP contribution in [0.15, 0.2) is 36.9 Å².